The molecule has 0 radical (unpaired) electrons. The van der Waals surface area contributed by atoms with Crippen molar-refractivity contribution in [3.8, 4) is 0 Å². The minimum Gasteiger partial charge on any atom is -0.398 e. The minimum atomic E-state index is -1.68. The molecule has 3 N–H and O–H groups in total. The molecule has 0 aliphatic rings. The molecule has 112 valence electrons. The third-order valence-electron chi connectivity index (χ3n) is 3.21. The maximum Gasteiger partial charge on any atom is 0.236 e. The largest absolute Gasteiger partial charge is 0.398 e. The van der Waals surface area contributed by atoms with Gasteiger partial charge in [-0.2, -0.15) is 0 Å². The monoisotopic (exact) mass is 300 g/mol. The molecule has 0 aliphatic carbocycles. The lowest BCUT2D eigenvalue weighted by Crippen LogP contribution is -2.41. The van der Waals surface area contributed by atoms with Gasteiger partial charge >= 0.3 is 0 Å². The lowest BCUT2D eigenvalue weighted by atomic mass is 10.2. The number of carbonyl (C=O) groups excluding carboxylic acids is 1. The Morgan fingerprint density at radius 2 is 2.00 bits per heavy atom. The molecule has 2 atom stereocenters. The Bertz CT molecular complexity index is 504. The van der Waals surface area contributed by atoms with Crippen LogP contribution in [-0.4, -0.2) is 21.4 Å². The number of nitrogens with one attached hydrogen (secondary N) is 1. The fourth-order valence-electron chi connectivity index (χ4n) is 1.78. The van der Waals surface area contributed by atoms with Gasteiger partial charge in [-0.05, 0) is 38.0 Å². The summed E-state index contributed by atoms with van der Waals surface area (Å²) >= 11 is 0. The maximum atomic E-state index is 13.2. The second-order valence-electron chi connectivity index (χ2n) is 4.64. The van der Waals surface area contributed by atoms with E-state index in [1.54, 1.807) is 6.92 Å². The Kier molecular flexibility index (Phi) is 6.13. The Morgan fingerprint density at radius 1 is 1.40 bits per heavy atom. The van der Waals surface area contributed by atoms with Gasteiger partial charge in [-0.25, -0.2) is 4.39 Å². The minimum absolute atomic E-state index is 0.0619. The average molecular weight is 300 g/mol. The number of benzene rings is 1. The van der Waals surface area contributed by atoms with Crippen molar-refractivity contribution in [2.45, 2.75) is 49.8 Å². The van der Waals surface area contributed by atoms with Crippen LogP contribution >= 0.6 is 0 Å². The van der Waals surface area contributed by atoms with E-state index in [1.165, 1.54) is 12.1 Å². The van der Waals surface area contributed by atoms with Gasteiger partial charge in [0.1, 0.15) is 11.1 Å². The summed E-state index contributed by atoms with van der Waals surface area (Å²) < 4.78 is 25.5. The molecule has 0 saturated carbocycles. The van der Waals surface area contributed by atoms with Gasteiger partial charge < -0.3 is 11.1 Å². The first-order valence-corrected chi connectivity index (χ1v) is 7.87. The maximum absolute atomic E-state index is 13.2. The van der Waals surface area contributed by atoms with E-state index >= 15 is 0 Å². The summed E-state index contributed by atoms with van der Waals surface area (Å²) in [5.41, 5.74) is 5.92. The van der Waals surface area contributed by atoms with Gasteiger partial charge in [-0.3, -0.25) is 9.00 Å². The molecule has 0 spiro atoms. The summed E-state index contributed by atoms with van der Waals surface area (Å²) in [5.74, 6) is -0.823. The molecule has 0 fully saturated rings. The highest BCUT2D eigenvalue weighted by molar-refractivity contribution is 7.86. The first kappa shape index (κ1) is 16.6. The van der Waals surface area contributed by atoms with E-state index in [1.807, 2.05) is 13.8 Å². The van der Waals surface area contributed by atoms with Crippen LogP contribution in [0, 0.1) is 5.82 Å². The zero-order chi connectivity index (χ0) is 15.3. The first-order valence-electron chi connectivity index (χ1n) is 6.66. The zero-order valence-corrected chi connectivity index (χ0v) is 12.8. The Labute approximate surface area is 121 Å². The van der Waals surface area contributed by atoms with Crippen LogP contribution in [0.25, 0.3) is 0 Å². The molecule has 0 aliphatic heterocycles. The SMILES string of the molecule is CCC(CC)NC(=O)C(C)S(=O)c1cc(F)ccc1N. The average Bonchev–Trinajstić information content (AvgIpc) is 2.45. The molecule has 1 amide bonds. The van der Waals surface area contributed by atoms with Crippen LogP contribution in [-0.2, 0) is 15.6 Å². The lowest BCUT2D eigenvalue weighted by Gasteiger charge is -2.18. The van der Waals surface area contributed by atoms with Gasteiger partial charge in [-0.15, -0.1) is 0 Å². The summed E-state index contributed by atoms with van der Waals surface area (Å²) in [6, 6.07) is 3.73. The number of amides is 1. The third-order valence-corrected chi connectivity index (χ3v) is 4.86. The van der Waals surface area contributed by atoms with Gasteiger partial charge in [0, 0.05) is 11.7 Å². The van der Waals surface area contributed by atoms with Crippen LogP contribution in [0.3, 0.4) is 0 Å². The van der Waals surface area contributed by atoms with Crippen LogP contribution in [0.5, 0.6) is 0 Å². The summed E-state index contributed by atoms with van der Waals surface area (Å²) in [7, 11) is -1.68. The smallest absolute Gasteiger partial charge is 0.236 e. The number of nitrogen functional groups attached to an aromatic ring is 1. The Morgan fingerprint density at radius 3 is 2.55 bits per heavy atom. The van der Waals surface area contributed by atoms with E-state index in [2.05, 4.69) is 5.32 Å². The summed E-state index contributed by atoms with van der Waals surface area (Å²) in [6.07, 6.45) is 1.62. The molecular formula is C14H21FN2O2S. The second kappa shape index (κ2) is 7.38. The van der Waals surface area contributed by atoms with E-state index in [4.69, 9.17) is 5.73 Å². The number of hydrogen-bond acceptors (Lipinski definition) is 3. The van der Waals surface area contributed by atoms with Crippen LogP contribution < -0.4 is 11.1 Å². The van der Waals surface area contributed by atoms with Crippen LogP contribution in [0.4, 0.5) is 10.1 Å². The van der Waals surface area contributed by atoms with Crippen molar-refractivity contribution in [3.05, 3.63) is 24.0 Å². The molecule has 20 heavy (non-hydrogen) atoms. The van der Waals surface area contributed by atoms with Crippen molar-refractivity contribution in [3.63, 3.8) is 0 Å². The summed E-state index contributed by atoms with van der Waals surface area (Å²) in [6.45, 7) is 5.50. The third kappa shape index (κ3) is 4.03. The highest BCUT2D eigenvalue weighted by Gasteiger charge is 2.24. The normalized spacial score (nSPS) is 14.1. The lowest BCUT2D eigenvalue weighted by molar-refractivity contribution is -0.121. The van der Waals surface area contributed by atoms with Crippen LogP contribution in [0.1, 0.15) is 33.6 Å². The number of nitrogens with two attached hydrogens (primary N) is 1. The number of halogens is 1. The number of carbonyl (C=O) groups is 1. The van der Waals surface area contributed by atoms with E-state index in [0.717, 1.165) is 18.9 Å². The van der Waals surface area contributed by atoms with Crippen molar-refractivity contribution in [2.24, 2.45) is 0 Å². The van der Waals surface area contributed by atoms with Gasteiger partial charge in [0.05, 0.1) is 15.7 Å². The van der Waals surface area contributed by atoms with E-state index in [9.17, 15) is 13.4 Å². The van der Waals surface area contributed by atoms with Gasteiger partial charge in [0.15, 0.2) is 0 Å². The molecular weight excluding hydrogens is 279 g/mol. The van der Waals surface area contributed by atoms with Crippen molar-refractivity contribution in [2.75, 3.05) is 5.73 Å². The summed E-state index contributed by atoms with van der Waals surface area (Å²) in [4.78, 5) is 12.2. The van der Waals surface area contributed by atoms with Gasteiger partial charge in [0.2, 0.25) is 5.91 Å². The van der Waals surface area contributed by atoms with Crippen molar-refractivity contribution >= 4 is 22.4 Å². The molecule has 0 bridgehead atoms. The van der Waals surface area contributed by atoms with Crippen molar-refractivity contribution in [1.29, 1.82) is 0 Å². The number of rotatable bonds is 6. The van der Waals surface area contributed by atoms with Crippen LogP contribution in [0.15, 0.2) is 23.1 Å². The fraction of sp³-hybridized carbons (Fsp3) is 0.500. The highest BCUT2D eigenvalue weighted by Crippen LogP contribution is 2.20. The standard InChI is InChI=1S/C14H21FN2O2S/c1-4-11(5-2)17-14(18)9(3)20(19)13-8-10(15)6-7-12(13)16/h6-9,11H,4-5,16H2,1-3H3,(H,17,18). The highest BCUT2D eigenvalue weighted by atomic mass is 32.2. The molecule has 1 rings (SSSR count). The first-order chi connectivity index (χ1) is 9.40. The molecule has 1 aromatic carbocycles. The number of hydrogen-bond donors (Lipinski definition) is 2. The van der Waals surface area contributed by atoms with E-state index in [-0.39, 0.29) is 22.5 Å². The molecule has 6 heteroatoms. The number of anilines is 1. The summed E-state index contributed by atoms with van der Waals surface area (Å²) in [5, 5.41) is 2.06. The Hall–Kier alpha value is -1.43. The second-order valence-corrected chi connectivity index (χ2v) is 6.39. The molecule has 0 saturated heterocycles. The predicted octanol–water partition coefficient (Wildman–Crippen LogP) is 2.21. The molecule has 4 nitrogen and oxygen atoms in total. The predicted molar refractivity (Wildman–Crippen MR) is 79.2 cm³/mol. The van der Waals surface area contributed by atoms with Crippen LogP contribution in [0.2, 0.25) is 0 Å². The molecule has 0 aromatic heterocycles. The quantitative estimate of drug-likeness (QED) is 0.791. The van der Waals surface area contributed by atoms with Gasteiger partial charge in [0.25, 0.3) is 0 Å². The Balaban J connectivity index is 2.85. The molecule has 0 heterocycles. The van der Waals surface area contributed by atoms with E-state index in [0.29, 0.717) is 0 Å². The topological polar surface area (TPSA) is 72.2 Å². The van der Waals surface area contributed by atoms with Gasteiger partial charge in [-0.1, -0.05) is 13.8 Å². The zero-order valence-electron chi connectivity index (χ0n) is 12.0. The van der Waals surface area contributed by atoms with Crippen molar-refractivity contribution < 1.29 is 13.4 Å². The van der Waals surface area contributed by atoms with E-state index < -0.39 is 21.9 Å². The van der Waals surface area contributed by atoms with Crippen molar-refractivity contribution in [1.82, 2.24) is 5.32 Å². The molecule has 1 aromatic rings. The molecule has 2 unspecified atom stereocenters. The fourth-order valence-corrected chi connectivity index (χ4v) is 2.95.